The molecule has 2 N–H and O–H groups in total. The molecule has 0 aliphatic heterocycles. The smallest absolute Gasteiger partial charge is 0.227 e. The van der Waals surface area contributed by atoms with E-state index in [1.54, 1.807) is 43.5 Å². The number of hydrogen-bond donors (Lipinski definition) is 2. The molecular formula is C23H18N4O. The number of benzene rings is 3. The fraction of sp³-hybridized carbons (Fsp3) is 0.0870. The molecule has 1 heterocycles. The Morgan fingerprint density at radius 3 is 2.50 bits per heavy atom. The first-order chi connectivity index (χ1) is 13.6. The number of aromatic nitrogens is 2. The van der Waals surface area contributed by atoms with Crippen LogP contribution >= 0.6 is 0 Å². The zero-order valence-corrected chi connectivity index (χ0v) is 15.3. The van der Waals surface area contributed by atoms with Gasteiger partial charge in [0.05, 0.1) is 17.3 Å². The summed E-state index contributed by atoms with van der Waals surface area (Å²) in [6, 6.07) is 24.6. The van der Waals surface area contributed by atoms with Gasteiger partial charge in [0.1, 0.15) is 5.60 Å². The second kappa shape index (κ2) is 7.10. The Bertz CT molecular complexity index is 1170. The third-order valence-electron chi connectivity index (χ3n) is 4.74. The van der Waals surface area contributed by atoms with Crippen molar-refractivity contribution in [2.24, 2.45) is 0 Å². The summed E-state index contributed by atoms with van der Waals surface area (Å²) >= 11 is 0. The highest BCUT2D eigenvalue weighted by Crippen LogP contribution is 2.33. The summed E-state index contributed by atoms with van der Waals surface area (Å²) in [6.07, 6.45) is 1.62. The number of fused-ring (bicyclic) bond motifs is 1. The summed E-state index contributed by atoms with van der Waals surface area (Å²) in [5.74, 6) is 0.378. The molecule has 0 saturated carbocycles. The third-order valence-corrected chi connectivity index (χ3v) is 4.74. The number of anilines is 2. The minimum atomic E-state index is -1.29. The van der Waals surface area contributed by atoms with Gasteiger partial charge in [0.15, 0.2) is 0 Å². The van der Waals surface area contributed by atoms with Gasteiger partial charge in [-0.05, 0) is 53.6 Å². The standard InChI is InChI=1S/C23H18N4O/c1-23(28,20-8-4-6-17-5-2-3-7-19(17)20)21-13-14-25-22(27-21)26-18-11-9-16(15-24)10-12-18/h2-14,28H,1H3,(H,25,26,27). The Morgan fingerprint density at radius 1 is 0.964 bits per heavy atom. The summed E-state index contributed by atoms with van der Waals surface area (Å²) in [6.45, 7) is 1.74. The zero-order chi connectivity index (χ0) is 19.6. The molecule has 1 unspecified atom stereocenters. The molecule has 0 bridgehead atoms. The maximum atomic E-state index is 11.4. The van der Waals surface area contributed by atoms with Crippen LogP contribution in [0, 0.1) is 11.3 Å². The van der Waals surface area contributed by atoms with Crippen LogP contribution in [0.5, 0.6) is 0 Å². The summed E-state index contributed by atoms with van der Waals surface area (Å²) in [7, 11) is 0. The van der Waals surface area contributed by atoms with E-state index in [9.17, 15) is 5.11 Å². The van der Waals surface area contributed by atoms with Gasteiger partial charge in [0, 0.05) is 11.9 Å². The van der Waals surface area contributed by atoms with Gasteiger partial charge in [0.2, 0.25) is 5.95 Å². The van der Waals surface area contributed by atoms with Crippen molar-refractivity contribution in [1.29, 1.82) is 5.26 Å². The van der Waals surface area contributed by atoms with Crippen LogP contribution in [0.2, 0.25) is 0 Å². The molecular weight excluding hydrogens is 348 g/mol. The lowest BCUT2D eigenvalue weighted by Crippen LogP contribution is -2.25. The molecule has 28 heavy (non-hydrogen) atoms. The van der Waals surface area contributed by atoms with Crippen molar-refractivity contribution in [3.63, 3.8) is 0 Å². The van der Waals surface area contributed by atoms with Gasteiger partial charge in [-0.25, -0.2) is 9.97 Å². The van der Waals surface area contributed by atoms with Crippen molar-refractivity contribution in [3.8, 4) is 6.07 Å². The van der Waals surface area contributed by atoms with Crippen LogP contribution in [-0.4, -0.2) is 15.1 Å². The molecule has 5 nitrogen and oxygen atoms in total. The average molecular weight is 366 g/mol. The van der Waals surface area contributed by atoms with Crippen molar-refractivity contribution >= 4 is 22.4 Å². The predicted molar refractivity (Wildman–Crippen MR) is 109 cm³/mol. The van der Waals surface area contributed by atoms with E-state index in [0.29, 0.717) is 17.2 Å². The Balaban J connectivity index is 1.70. The summed E-state index contributed by atoms with van der Waals surface area (Å²) in [4.78, 5) is 8.78. The Labute approximate surface area is 162 Å². The minimum absolute atomic E-state index is 0.378. The second-order valence-electron chi connectivity index (χ2n) is 6.68. The maximum absolute atomic E-state index is 11.4. The van der Waals surface area contributed by atoms with Crippen LogP contribution in [0.4, 0.5) is 11.6 Å². The summed E-state index contributed by atoms with van der Waals surface area (Å²) < 4.78 is 0. The fourth-order valence-electron chi connectivity index (χ4n) is 3.24. The molecule has 0 saturated heterocycles. The number of hydrogen-bond acceptors (Lipinski definition) is 5. The van der Waals surface area contributed by atoms with E-state index in [4.69, 9.17) is 5.26 Å². The predicted octanol–water partition coefficient (Wildman–Crippen LogP) is 4.50. The van der Waals surface area contributed by atoms with Crippen LogP contribution in [0.25, 0.3) is 10.8 Å². The Morgan fingerprint density at radius 2 is 1.71 bits per heavy atom. The van der Waals surface area contributed by atoms with Crippen LogP contribution in [0.1, 0.15) is 23.7 Å². The van der Waals surface area contributed by atoms with Gasteiger partial charge in [-0.1, -0.05) is 42.5 Å². The number of aliphatic hydroxyl groups is 1. The SMILES string of the molecule is CC(O)(c1ccnc(Nc2ccc(C#N)cc2)n1)c1cccc2ccccc12. The number of nitrogens with one attached hydrogen (secondary N) is 1. The van der Waals surface area contributed by atoms with E-state index in [-0.39, 0.29) is 0 Å². The quantitative estimate of drug-likeness (QED) is 0.556. The van der Waals surface area contributed by atoms with Crippen LogP contribution in [0.3, 0.4) is 0 Å². The van der Waals surface area contributed by atoms with Gasteiger partial charge in [-0.15, -0.1) is 0 Å². The van der Waals surface area contributed by atoms with Gasteiger partial charge < -0.3 is 10.4 Å². The van der Waals surface area contributed by atoms with E-state index in [1.807, 2.05) is 42.5 Å². The highest BCUT2D eigenvalue weighted by Gasteiger charge is 2.29. The second-order valence-corrected chi connectivity index (χ2v) is 6.68. The van der Waals surface area contributed by atoms with E-state index in [2.05, 4.69) is 21.4 Å². The van der Waals surface area contributed by atoms with E-state index >= 15 is 0 Å². The third kappa shape index (κ3) is 3.29. The number of rotatable bonds is 4. The molecule has 136 valence electrons. The summed E-state index contributed by atoms with van der Waals surface area (Å²) in [5.41, 5.74) is 1.34. The first-order valence-electron chi connectivity index (χ1n) is 8.89. The first kappa shape index (κ1) is 17.7. The molecule has 0 spiro atoms. The van der Waals surface area contributed by atoms with Gasteiger partial charge >= 0.3 is 0 Å². The van der Waals surface area contributed by atoms with Crippen molar-refractivity contribution in [2.45, 2.75) is 12.5 Å². The van der Waals surface area contributed by atoms with Crippen molar-refractivity contribution < 1.29 is 5.11 Å². The lowest BCUT2D eigenvalue weighted by atomic mass is 9.88. The van der Waals surface area contributed by atoms with E-state index < -0.39 is 5.60 Å². The normalized spacial score (nSPS) is 12.9. The highest BCUT2D eigenvalue weighted by molar-refractivity contribution is 5.86. The lowest BCUT2D eigenvalue weighted by Gasteiger charge is -2.25. The van der Waals surface area contributed by atoms with Gasteiger partial charge in [-0.3, -0.25) is 0 Å². The molecule has 1 aromatic heterocycles. The van der Waals surface area contributed by atoms with Crippen molar-refractivity contribution in [1.82, 2.24) is 9.97 Å². The highest BCUT2D eigenvalue weighted by atomic mass is 16.3. The molecule has 0 aliphatic carbocycles. The van der Waals surface area contributed by atoms with Crippen LogP contribution in [-0.2, 0) is 5.60 Å². The van der Waals surface area contributed by atoms with E-state index in [0.717, 1.165) is 22.0 Å². The van der Waals surface area contributed by atoms with Crippen LogP contribution < -0.4 is 5.32 Å². The molecule has 0 aliphatic rings. The molecule has 0 radical (unpaired) electrons. The summed E-state index contributed by atoms with van der Waals surface area (Å²) in [5, 5.41) is 25.4. The largest absolute Gasteiger partial charge is 0.379 e. The molecule has 0 amide bonds. The number of nitrogens with zero attached hydrogens (tertiary/aromatic N) is 3. The minimum Gasteiger partial charge on any atom is -0.379 e. The molecule has 3 aromatic carbocycles. The molecule has 1 atom stereocenters. The lowest BCUT2D eigenvalue weighted by molar-refractivity contribution is 0.0990. The topological polar surface area (TPSA) is 81.8 Å². The van der Waals surface area contributed by atoms with Gasteiger partial charge in [0.25, 0.3) is 0 Å². The Hall–Kier alpha value is -3.75. The number of nitriles is 1. The van der Waals surface area contributed by atoms with Gasteiger partial charge in [-0.2, -0.15) is 5.26 Å². The molecule has 0 fully saturated rings. The average Bonchev–Trinajstić information content (AvgIpc) is 2.74. The fourth-order valence-corrected chi connectivity index (χ4v) is 3.24. The molecule has 4 aromatic rings. The molecule has 5 heteroatoms. The van der Waals surface area contributed by atoms with Crippen molar-refractivity contribution in [3.05, 3.63) is 95.8 Å². The van der Waals surface area contributed by atoms with Crippen LogP contribution in [0.15, 0.2) is 79.0 Å². The monoisotopic (exact) mass is 366 g/mol. The van der Waals surface area contributed by atoms with Crippen molar-refractivity contribution in [2.75, 3.05) is 5.32 Å². The van der Waals surface area contributed by atoms with E-state index in [1.165, 1.54) is 0 Å². The Kier molecular flexibility index (Phi) is 4.48. The molecule has 4 rings (SSSR count). The maximum Gasteiger partial charge on any atom is 0.227 e. The first-order valence-corrected chi connectivity index (χ1v) is 8.89. The zero-order valence-electron chi connectivity index (χ0n) is 15.3.